The maximum absolute atomic E-state index is 11.0. The van der Waals surface area contributed by atoms with Gasteiger partial charge in [0, 0.05) is 11.6 Å². The number of carboxylic acid groups (broad SMARTS) is 1. The maximum Gasteiger partial charge on any atom is 0.315 e. The molecule has 0 bridgehead atoms. The lowest BCUT2D eigenvalue weighted by Crippen LogP contribution is -2.37. The first-order valence-corrected chi connectivity index (χ1v) is 4.89. The molecule has 2 amide bonds. The number of hydrogen-bond acceptors (Lipinski definition) is 2. The summed E-state index contributed by atoms with van der Waals surface area (Å²) in [6, 6.07) is -0.380. The molecular formula is C9H15ClN2O3. The predicted octanol–water partition coefficient (Wildman–Crippen LogP) is 1.15. The summed E-state index contributed by atoms with van der Waals surface area (Å²) < 4.78 is 0. The molecule has 1 atom stereocenters. The largest absolute Gasteiger partial charge is 0.481 e. The molecule has 0 aromatic rings. The van der Waals surface area contributed by atoms with Crippen LogP contribution in [0.15, 0.2) is 11.6 Å². The normalized spacial score (nSPS) is 11.6. The van der Waals surface area contributed by atoms with Crippen molar-refractivity contribution in [1.82, 2.24) is 10.6 Å². The highest BCUT2D eigenvalue weighted by molar-refractivity contribution is 6.29. The first kappa shape index (κ1) is 13.8. The number of carbonyl (C=O) groups is 2. The van der Waals surface area contributed by atoms with E-state index in [0.717, 1.165) is 0 Å². The Labute approximate surface area is 93.5 Å². The van der Waals surface area contributed by atoms with Crippen molar-refractivity contribution in [3.05, 3.63) is 11.6 Å². The Morgan fingerprint density at radius 2 is 2.07 bits per heavy atom. The summed E-state index contributed by atoms with van der Waals surface area (Å²) in [6.07, 6.45) is 0.393. The number of rotatable bonds is 6. The van der Waals surface area contributed by atoms with Crippen LogP contribution in [0.1, 0.15) is 13.3 Å². The fourth-order valence-electron chi connectivity index (χ4n) is 0.764. The molecule has 1 unspecified atom stereocenters. The standard InChI is InChI=1S/C9H15ClN2O3/c1-6(8(13)14)3-4-11-9(15)12-5-7(2)10/h6H,2-5H2,1H3,(H,13,14)(H2,11,12,15). The minimum atomic E-state index is -0.869. The second-order valence-electron chi connectivity index (χ2n) is 3.15. The molecule has 15 heavy (non-hydrogen) atoms. The lowest BCUT2D eigenvalue weighted by atomic mass is 10.1. The lowest BCUT2D eigenvalue weighted by molar-refractivity contribution is -0.141. The second kappa shape index (κ2) is 7.11. The average molecular weight is 235 g/mol. The zero-order chi connectivity index (χ0) is 11.8. The van der Waals surface area contributed by atoms with Crippen LogP contribution in [-0.4, -0.2) is 30.2 Å². The van der Waals surface area contributed by atoms with E-state index in [1.54, 1.807) is 6.92 Å². The zero-order valence-electron chi connectivity index (χ0n) is 8.55. The summed E-state index contributed by atoms with van der Waals surface area (Å²) in [7, 11) is 0. The highest BCUT2D eigenvalue weighted by Crippen LogP contribution is 1.99. The van der Waals surface area contributed by atoms with Gasteiger partial charge in [-0.05, 0) is 6.42 Å². The number of halogens is 1. The van der Waals surface area contributed by atoms with Crippen molar-refractivity contribution in [3.8, 4) is 0 Å². The lowest BCUT2D eigenvalue weighted by Gasteiger charge is -2.08. The number of carbonyl (C=O) groups excluding carboxylic acids is 1. The third-order valence-electron chi connectivity index (χ3n) is 1.73. The van der Waals surface area contributed by atoms with Gasteiger partial charge in [0.05, 0.1) is 12.5 Å². The Morgan fingerprint density at radius 3 is 2.53 bits per heavy atom. The Balaban J connectivity index is 3.55. The van der Waals surface area contributed by atoms with E-state index < -0.39 is 11.9 Å². The van der Waals surface area contributed by atoms with E-state index in [4.69, 9.17) is 16.7 Å². The minimum Gasteiger partial charge on any atom is -0.481 e. The number of carboxylic acids is 1. The molecule has 5 nitrogen and oxygen atoms in total. The number of amides is 2. The van der Waals surface area contributed by atoms with Crippen LogP contribution in [-0.2, 0) is 4.79 Å². The van der Waals surface area contributed by atoms with Crippen LogP contribution in [0.25, 0.3) is 0 Å². The topological polar surface area (TPSA) is 78.4 Å². The molecule has 3 N–H and O–H groups in total. The van der Waals surface area contributed by atoms with Crippen LogP contribution in [0.5, 0.6) is 0 Å². The average Bonchev–Trinajstić information content (AvgIpc) is 2.14. The Hall–Kier alpha value is -1.23. The molecule has 6 heteroatoms. The van der Waals surface area contributed by atoms with Crippen molar-refractivity contribution in [2.24, 2.45) is 5.92 Å². The SMILES string of the molecule is C=C(Cl)CNC(=O)NCCC(C)C(=O)O. The molecule has 86 valence electrons. The van der Waals surface area contributed by atoms with Crippen LogP contribution in [0.2, 0.25) is 0 Å². The van der Waals surface area contributed by atoms with E-state index in [0.29, 0.717) is 18.0 Å². The molecule has 0 rings (SSSR count). The first-order chi connectivity index (χ1) is 6.93. The summed E-state index contributed by atoms with van der Waals surface area (Å²) in [4.78, 5) is 21.5. The van der Waals surface area contributed by atoms with Gasteiger partial charge in [0.15, 0.2) is 0 Å². The van der Waals surface area contributed by atoms with Crippen molar-refractivity contribution >= 4 is 23.6 Å². The molecule has 0 spiro atoms. The van der Waals surface area contributed by atoms with Crippen LogP contribution < -0.4 is 10.6 Å². The molecular weight excluding hydrogens is 220 g/mol. The van der Waals surface area contributed by atoms with E-state index in [2.05, 4.69) is 17.2 Å². The Morgan fingerprint density at radius 1 is 1.47 bits per heavy atom. The molecule has 0 radical (unpaired) electrons. The van der Waals surface area contributed by atoms with E-state index in [1.165, 1.54) is 0 Å². The van der Waals surface area contributed by atoms with E-state index in [9.17, 15) is 9.59 Å². The van der Waals surface area contributed by atoms with Gasteiger partial charge in [-0.25, -0.2) is 4.79 Å². The molecule has 0 aromatic carbocycles. The summed E-state index contributed by atoms with van der Waals surface area (Å²) in [5, 5.41) is 13.9. The summed E-state index contributed by atoms with van der Waals surface area (Å²) in [5.41, 5.74) is 0. The smallest absolute Gasteiger partial charge is 0.315 e. The Bertz CT molecular complexity index is 256. The molecule has 0 aliphatic rings. The number of aliphatic carboxylic acids is 1. The van der Waals surface area contributed by atoms with Crippen molar-refractivity contribution in [1.29, 1.82) is 0 Å². The number of urea groups is 1. The van der Waals surface area contributed by atoms with Gasteiger partial charge in [-0.2, -0.15) is 0 Å². The van der Waals surface area contributed by atoms with Gasteiger partial charge in [0.25, 0.3) is 0 Å². The molecule has 0 saturated carbocycles. The second-order valence-corrected chi connectivity index (χ2v) is 3.69. The van der Waals surface area contributed by atoms with E-state index >= 15 is 0 Å². The highest BCUT2D eigenvalue weighted by Gasteiger charge is 2.10. The molecule has 0 fully saturated rings. The third-order valence-corrected chi connectivity index (χ3v) is 1.86. The first-order valence-electron chi connectivity index (χ1n) is 4.51. The van der Waals surface area contributed by atoms with Crippen molar-refractivity contribution < 1.29 is 14.7 Å². The fourth-order valence-corrected chi connectivity index (χ4v) is 0.831. The van der Waals surface area contributed by atoms with Crippen LogP contribution >= 0.6 is 11.6 Å². The van der Waals surface area contributed by atoms with Crippen LogP contribution in [0.3, 0.4) is 0 Å². The van der Waals surface area contributed by atoms with Crippen LogP contribution in [0, 0.1) is 5.92 Å². The van der Waals surface area contributed by atoms with Gasteiger partial charge in [0.1, 0.15) is 0 Å². The zero-order valence-corrected chi connectivity index (χ0v) is 9.30. The van der Waals surface area contributed by atoms with E-state index in [-0.39, 0.29) is 12.6 Å². The predicted molar refractivity (Wildman–Crippen MR) is 57.8 cm³/mol. The molecule has 0 aliphatic carbocycles. The van der Waals surface area contributed by atoms with Gasteiger partial charge in [-0.1, -0.05) is 25.1 Å². The maximum atomic E-state index is 11.0. The summed E-state index contributed by atoms with van der Waals surface area (Å²) >= 11 is 5.43. The Kier molecular flexibility index (Phi) is 6.53. The highest BCUT2D eigenvalue weighted by atomic mass is 35.5. The molecule has 0 saturated heterocycles. The number of hydrogen-bond donors (Lipinski definition) is 3. The van der Waals surface area contributed by atoms with Crippen molar-refractivity contribution in [2.75, 3.05) is 13.1 Å². The van der Waals surface area contributed by atoms with Crippen molar-refractivity contribution in [2.45, 2.75) is 13.3 Å². The van der Waals surface area contributed by atoms with Gasteiger partial charge in [0.2, 0.25) is 0 Å². The van der Waals surface area contributed by atoms with E-state index in [1.807, 2.05) is 0 Å². The fraction of sp³-hybridized carbons (Fsp3) is 0.556. The van der Waals surface area contributed by atoms with Crippen LogP contribution in [0.4, 0.5) is 4.79 Å². The van der Waals surface area contributed by atoms with Gasteiger partial charge < -0.3 is 15.7 Å². The number of nitrogens with one attached hydrogen (secondary N) is 2. The quantitative estimate of drug-likeness (QED) is 0.645. The minimum absolute atomic E-state index is 0.196. The van der Waals surface area contributed by atoms with Gasteiger partial charge >= 0.3 is 12.0 Å². The van der Waals surface area contributed by atoms with Gasteiger partial charge in [-0.15, -0.1) is 0 Å². The third kappa shape index (κ3) is 7.81. The summed E-state index contributed by atoms with van der Waals surface area (Å²) in [5.74, 6) is -1.33. The molecule has 0 heterocycles. The molecule has 0 aromatic heterocycles. The van der Waals surface area contributed by atoms with Gasteiger partial charge in [-0.3, -0.25) is 4.79 Å². The van der Waals surface area contributed by atoms with Crippen molar-refractivity contribution in [3.63, 3.8) is 0 Å². The monoisotopic (exact) mass is 234 g/mol. The molecule has 0 aliphatic heterocycles. The summed E-state index contributed by atoms with van der Waals surface area (Å²) in [6.45, 7) is 5.50.